The van der Waals surface area contributed by atoms with E-state index in [1.165, 1.54) is 5.56 Å². The average molecular weight is 325 g/mol. The zero-order chi connectivity index (χ0) is 16.8. The number of nitrogens with one attached hydrogen (secondary N) is 1. The Balaban J connectivity index is 1.51. The van der Waals surface area contributed by atoms with E-state index in [1.807, 2.05) is 54.4 Å². The van der Waals surface area contributed by atoms with Crippen molar-refractivity contribution in [3.8, 4) is 0 Å². The Morgan fingerprint density at radius 2 is 2.17 bits per heavy atom. The van der Waals surface area contributed by atoms with Crippen LogP contribution in [0.4, 0.5) is 10.5 Å². The van der Waals surface area contributed by atoms with Crippen LogP contribution in [-0.4, -0.2) is 35.1 Å². The van der Waals surface area contributed by atoms with Gasteiger partial charge in [0.1, 0.15) is 0 Å². The second-order valence-electron chi connectivity index (χ2n) is 6.18. The molecule has 24 heavy (non-hydrogen) atoms. The first-order valence-electron chi connectivity index (χ1n) is 8.34. The molecule has 5 heteroatoms. The standard InChI is InChI=1S/C19H23N3O2/c1-15-6-8-17(9-7-15)21-19(23)22-11-3-5-18(13-22)24-14-16-4-2-10-20-12-16/h2,4,6-10,12,18H,3,5,11,13-14H2,1H3,(H,21,23). The third-order valence-electron chi connectivity index (χ3n) is 4.18. The van der Waals surface area contributed by atoms with Crippen LogP contribution >= 0.6 is 0 Å². The molecule has 0 bridgehead atoms. The van der Waals surface area contributed by atoms with Gasteiger partial charge in [0.15, 0.2) is 0 Å². The number of piperidine rings is 1. The van der Waals surface area contributed by atoms with Gasteiger partial charge in [0.2, 0.25) is 0 Å². The number of carbonyl (C=O) groups is 1. The number of pyridine rings is 1. The zero-order valence-electron chi connectivity index (χ0n) is 13.9. The summed E-state index contributed by atoms with van der Waals surface area (Å²) in [6, 6.07) is 11.7. The Hall–Kier alpha value is -2.40. The molecular formula is C19H23N3O2. The summed E-state index contributed by atoms with van der Waals surface area (Å²) in [6.07, 6.45) is 5.57. The molecule has 2 amide bonds. The molecule has 5 nitrogen and oxygen atoms in total. The fourth-order valence-corrected chi connectivity index (χ4v) is 2.80. The van der Waals surface area contributed by atoms with Crippen LogP contribution in [0, 0.1) is 6.92 Å². The van der Waals surface area contributed by atoms with Crippen LogP contribution in [0.1, 0.15) is 24.0 Å². The number of amides is 2. The number of hydrogen-bond acceptors (Lipinski definition) is 3. The molecule has 0 radical (unpaired) electrons. The highest BCUT2D eigenvalue weighted by Crippen LogP contribution is 2.17. The van der Waals surface area contributed by atoms with Crippen LogP contribution in [0.5, 0.6) is 0 Å². The van der Waals surface area contributed by atoms with Crippen LogP contribution in [0.2, 0.25) is 0 Å². The maximum atomic E-state index is 12.4. The molecule has 1 atom stereocenters. The van der Waals surface area contributed by atoms with Crippen molar-refractivity contribution in [2.24, 2.45) is 0 Å². The van der Waals surface area contributed by atoms with Gasteiger partial charge in [-0.15, -0.1) is 0 Å². The van der Waals surface area contributed by atoms with E-state index >= 15 is 0 Å². The molecule has 1 aliphatic heterocycles. The minimum Gasteiger partial charge on any atom is -0.372 e. The fourth-order valence-electron chi connectivity index (χ4n) is 2.80. The summed E-state index contributed by atoms with van der Waals surface area (Å²) in [4.78, 5) is 18.3. The highest BCUT2D eigenvalue weighted by molar-refractivity contribution is 5.89. The first-order chi connectivity index (χ1) is 11.7. The van der Waals surface area contributed by atoms with Crippen LogP contribution in [0.15, 0.2) is 48.8 Å². The van der Waals surface area contributed by atoms with Crippen LogP contribution < -0.4 is 5.32 Å². The van der Waals surface area contributed by atoms with Gasteiger partial charge in [-0.25, -0.2) is 4.79 Å². The summed E-state index contributed by atoms with van der Waals surface area (Å²) in [5.74, 6) is 0. The van der Waals surface area contributed by atoms with E-state index in [1.54, 1.807) is 6.20 Å². The van der Waals surface area contributed by atoms with Gasteiger partial charge in [-0.3, -0.25) is 4.98 Å². The number of anilines is 1. The van der Waals surface area contributed by atoms with E-state index in [0.29, 0.717) is 13.2 Å². The lowest BCUT2D eigenvalue weighted by Gasteiger charge is -2.32. The van der Waals surface area contributed by atoms with Crippen molar-refractivity contribution < 1.29 is 9.53 Å². The molecule has 0 saturated carbocycles. The highest BCUT2D eigenvalue weighted by Gasteiger charge is 2.24. The lowest BCUT2D eigenvalue weighted by atomic mass is 10.1. The maximum Gasteiger partial charge on any atom is 0.321 e. The molecule has 126 valence electrons. The first-order valence-corrected chi connectivity index (χ1v) is 8.34. The first kappa shape index (κ1) is 16.5. The topological polar surface area (TPSA) is 54.5 Å². The molecule has 3 rings (SSSR count). The Labute approximate surface area is 142 Å². The second kappa shape index (κ2) is 7.93. The van der Waals surface area contributed by atoms with E-state index in [0.717, 1.165) is 30.6 Å². The predicted molar refractivity (Wildman–Crippen MR) is 93.8 cm³/mol. The van der Waals surface area contributed by atoms with E-state index < -0.39 is 0 Å². The summed E-state index contributed by atoms with van der Waals surface area (Å²) in [5, 5.41) is 2.95. The summed E-state index contributed by atoms with van der Waals surface area (Å²) < 4.78 is 5.95. The number of likely N-dealkylation sites (tertiary alicyclic amines) is 1. The minimum absolute atomic E-state index is 0.0615. The number of rotatable bonds is 4. The number of aromatic nitrogens is 1. The molecule has 0 aliphatic carbocycles. The van der Waals surface area contributed by atoms with Crippen molar-refractivity contribution in [1.29, 1.82) is 0 Å². The molecule has 0 spiro atoms. The number of urea groups is 1. The van der Waals surface area contributed by atoms with Crippen molar-refractivity contribution in [3.05, 3.63) is 59.9 Å². The summed E-state index contributed by atoms with van der Waals surface area (Å²) in [6.45, 7) is 3.95. The molecule has 1 aromatic carbocycles. The van der Waals surface area contributed by atoms with Gasteiger partial charge in [-0.1, -0.05) is 23.8 Å². The van der Waals surface area contributed by atoms with Crippen molar-refractivity contribution in [2.45, 2.75) is 32.5 Å². The number of ether oxygens (including phenoxy) is 1. The maximum absolute atomic E-state index is 12.4. The average Bonchev–Trinajstić information content (AvgIpc) is 2.63. The van der Waals surface area contributed by atoms with E-state index in [9.17, 15) is 4.79 Å². The molecule has 2 aromatic rings. The van der Waals surface area contributed by atoms with Gasteiger partial charge in [-0.2, -0.15) is 0 Å². The number of carbonyl (C=O) groups excluding carboxylic acids is 1. The molecule has 1 saturated heterocycles. The van der Waals surface area contributed by atoms with Crippen LogP contribution in [0.3, 0.4) is 0 Å². The number of aryl methyl sites for hydroxylation is 1. The Morgan fingerprint density at radius 3 is 2.92 bits per heavy atom. The number of benzene rings is 1. The van der Waals surface area contributed by atoms with Crippen molar-refractivity contribution in [2.75, 3.05) is 18.4 Å². The van der Waals surface area contributed by atoms with Gasteiger partial charge in [0.05, 0.1) is 12.7 Å². The SMILES string of the molecule is Cc1ccc(NC(=O)N2CCCC(OCc3cccnc3)C2)cc1. The van der Waals surface area contributed by atoms with Crippen molar-refractivity contribution >= 4 is 11.7 Å². The van der Waals surface area contributed by atoms with Crippen LogP contribution in [0.25, 0.3) is 0 Å². The lowest BCUT2D eigenvalue weighted by Crippen LogP contribution is -2.45. The molecule has 1 aliphatic rings. The summed E-state index contributed by atoms with van der Waals surface area (Å²) >= 11 is 0. The Bertz CT molecular complexity index is 658. The quantitative estimate of drug-likeness (QED) is 0.934. The van der Waals surface area contributed by atoms with Gasteiger partial charge in [-0.05, 0) is 43.5 Å². The van der Waals surface area contributed by atoms with Gasteiger partial charge >= 0.3 is 6.03 Å². The zero-order valence-corrected chi connectivity index (χ0v) is 13.9. The largest absolute Gasteiger partial charge is 0.372 e. The minimum atomic E-state index is -0.0615. The third-order valence-corrected chi connectivity index (χ3v) is 4.18. The molecule has 1 fully saturated rings. The van der Waals surface area contributed by atoms with Gasteiger partial charge in [0, 0.05) is 31.2 Å². The number of hydrogen-bond donors (Lipinski definition) is 1. The fraction of sp³-hybridized carbons (Fsp3) is 0.368. The normalized spacial score (nSPS) is 17.5. The second-order valence-corrected chi connectivity index (χ2v) is 6.18. The van der Waals surface area contributed by atoms with Crippen molar-refractivity contribution in [3.63, 3.8) is 0 Å². The summed E-state index contributed by atoms with van der Waals surface area (Å²) in [7, 11) is 0. The van der Waals surface area contributed by atoms with Gasteiger partial charge < -0.3 is 15.0 Å². The molecule has 1 aromatic heterocycles. The summed E-state index contributed by atoms with van der Waals surface area (Å²) in [5.41, 5.74) is 3.05. The molecule has 1 N–H and O–H groups in total. The lowest BCUT2D eigenvalue weighted by molar-refractivity contribution is 0.000916. The van der Waals surface area contributed by atoms with E-state index in [4.69, 9.17) is 4.74 Å². The van der Waals surface area contributed by atoms with E-state index in [-0.39, 0.29) is 12.1 Å². The smallest absolute Gasteiger partial charge is 0.321 e. The van der Waals surface area contributed by atoms with Crippen LogP contribution in [-0.2, 0) is 11.3 Å². The Kier molecular flexibility index (Phi) is 5.43. The monoisotopic (exact) mass is 325 g/mol. The molecular weight excluding hydrogens is 302 g/mol. The van der Waals surface area contributed by atoms with E-state index in [2.05, 4.69) is 10.3 Å². The predicted octanol–water partition coefficient (Wildman–Crippen LogP) is 3.60. The molecule has 1 unspecified atom stereocenters. The highest BCUT2D eigenvalue weighted by atomic mass is 16.5. The van der Waals surface area contributed by atoms with Crippen molar-refractivity contribution in [1.82, 2.24) is 9.88 Å². The third kappa shape index (κ3) is 4.55. The Morgan fingerprint density at radius 1 is 1.33 bits per heavy atom. The van der Waals surface area contributed by atoms with Gasteiger partial charge in [0.25, 0.3) is 0 Å². The molecule has 2 heterocycles. The number of nitrogens with zero attached hydrogens (tertiary/aromatic N) is 2.